The largest absolute Gasteiger partial charge is 0.508 e. The fourth-order valence-corrected chi connectivity index (χ4v) is 2.39. The molecule has 3 nitrogen and oxygen atoms in total. The molecule has 3 aromatic carbocycles. The zero-order valence-electron chi connectivity index (χ0n) is 13.0. The van der Waals surface area contributed by atoms with Gasteiger partial charge in [-0.2, -0.15) is 0 Å². The number of rotatable bonds is 4. The highest BCUT2D eigenvalue weighted by atomic mass is 16.3. The van der Waals surface area contributed by atoms with Gasteiger partial charge in [-0.3, -0.25) is 9.69 Å². The third-order valence-electron chi connectivity index (χ3n) is 3.56. The van der Waals surface area contributed by atoms with E-state index in [-0.39, 0.29) is 11.7 Å². The van der Waals surface area contributed by atoms with Crippen molar-refractivity contribution in [3.63, 3.8) is 0 Å². The second kappa shape index (κ2) is 7.29. The Morgan fingerprint density at radius 1 is 0.750 bits per heavy atom. The number of aromatic hydroxyl groups is 1. The monoisotopic (exact) mass is 315 g/mol. The van der Waals surface area contributed by atoms with E-state index in [0.29, 0.717) is 0 Å². The van der Waals surface area contributed by atoms with Crippen molar-refractivity contribution in [1.82, 2.24) is 0 Å². The number of benzene rings is 3. The van der Waals surface area contributed by atoms with E-state index in [1.54, 1.807) is 35.2 Å². The van der Waals surface area contributed by atoms with Gasteiger partial charge in [-0.1, -0.05) is 48.5 Å². The second-order valence-corrected chi connectivity index (χ2v) is 5.27. The molecule has 3 heteroatoms. The molecule has 0 saturated heterocycles. The van der Waals surface area contributed by atoms with Crippen molar-refractivity contribution in [1.29, 1.82) is 0 Å². The van der Waals surface area contributed by atoms with Gasteiger partial charge >= 0.3 is 0 Å². The predicted molar refractivity (Wildman–Crippen MR) is 97.2 cm³/mol. The molecule has 0 aliphatic rings. The summed E-state index contributed by atoms with van der Waals surface area (Å²) in [6.07, 6.45) is 3.27. The van der Waals surface area contributed by atoms with Crippen LogP contribution in [0.5, 0.6) is 5.75 Å². The van der Waals surface area contributed by atoms with Crippen LogP contribution in [0.3, 0.4) is 0 Å². The Bertz CT molecular complexity index is 785. The van der Waals surface area contributed by atoms with Crippen LogP contribution in [0.1, 0.15) is 5.56 Å². The van der Waals surface area contributed by atoms with E-state index in [1.807, 2.05) is 60.7 Å². The SMILES string of the molecule is O=C(/C=C\c1ccc(O)cc1)N(c1ccccc1)c1ccccc1. The van der Waals surface area contributed by atoms with Gasteiger partial charge in [-0.15, -0.1) is 0 Å². The molecule has 0 unspecified atom stereocenters. The first-order valence-corrected chi connectivity index (χ1v) is 7.65. The summed E-state index contributed by atoms with van der Waals surface area (Å²) in [7, 11) is 0. The Morgan fingerprint density at radius 3 is 1.75 bits per heavy atom. The van der Waals surface area contributed by atoms with Crippen LogP contribution in [0, 0.1) is 0 Å². The van der Waals surface area contributed by atoms with Crippen molar-refractivity contribution in [3.05, 3.63) is 96.6 Å². The lowest BCUT2D eigenvalue weighted by Crippen LogP contribution is -2.23. The van der Waals surface area contributed by atoms with E-state index in [0.717, 1.165) is 16.9 Å². The van der Waals surface area contributed by atoms with Crippen LogP contribution in [0.2, 0.25) is 0 Å². The topological polar surface area (TPSA) is 40.5 Å². The Labute approximate surface area is 141 Å². The van der Waals surface area contributed by atoms with Gasteiger partial charge in [-0.05, 0) is 48.0 Å². The number of hydrogen-bond acceptors (Lipinski definition) is 2. The first kappa shape index (κ1) is 15.6. The maximum absolute atomic E-state index is 12.8. The minimum Gasteiger partial charge on any atom is -0.508 e. The number of hydrogen-bond donors (Lipinski definition) is 1. The first-order chi connectivity index (χ1) is 11.7. The summed E-state index contributed by atoms with van der Waals surface area (Å²) in [5.74, 6) is 0.0640. The summed E-state index contributed by atoms with van der Waals surface area (Å²) < 4.78 is 0. The predicted octanol–water partition coefficient (Wildman–Crippen LogP) is 4.77. The summed E-state index contributed by atoms with van der Waals surface area (Å²) in [6.45, 7) is 0. The number of para-hydroxylation sites is 2. The van der Waals surface area contributed by atoms with Crippen LogP contribution in [0.25, 0.3) is 6.08 Å². The minimum absolute atomic E-state index is 0.138. The van der Waals surface area contributed by atoms with Gasteiger partial charge in [0.05, 0.1) is 0 Å². The second-order valence-electron chi connectivity index (χ2n) is 5.27. The molecule has 0 aromatic heterocycles. The number of phenolic OH excluding ortho intramolecular Hbond substituents is 1. The van der Waals surface area contributed by atoms with Crippen LogP contribution in [0.15, 0.2) is 91.0 Å². The van der Waals surface area contributed by atoms with Crippen molar-refractivity contribution in [3.8, 4) is 5.75 Å². The molecule has 0 spiro atoms. The highest BCUT2D eigenvalue weighted by Gasteiger charge is 2.14. The van der Waals surface area contributed by atoms with Gasteiger partial charge in [0, 0.05) is 17.5 Å². The van der Waals surface area contributed by atoms with Gasteiger partial charge in [0.1, 0.15) is 5.75 Å². The number of carbonyl (C=O) groups excluding carboxylic acids is 1. The highest BCUT2D eigenvalue weighted by Crippen LogP contribution is 2.25. The van der Waals surface area contributed by atoms with Crippen LogP contribution in [0.4, 0.5) is 11.4 Å². The lowest BCUT2D eigenvalue weighted by atomic mass is 10.2. The molecule has 0 radical (unpaired) electrons. The molecule has 0 aliphatic heterocycles. The molecular formula is C21H17NO2. The van der Waals surface area contributed by atoms with E-state index in [1.165, 1.54) is 6.08 Å². The average molecular weight is 315 g/mol. The Morgan fingerprint density at radius 2 is 1.25 bits per heavy atom. The molecule has 0 fully saturated rings. The van der Waals surface area contributed by atoms with E-state index in [4.69, 9.17) is 0 Å². The number of nitrogens with zero attached hydrogens (tertiary/aromatic N) is 1. The van der Waals surface area contributed by atoms with Gasteiger partial charge in [0.2, 0.25) is 0 Å². The number of anilines is 2. The van der Waals surface area contributed by atoms with Crippen molar-refractivity contribution in [2.75, 3.05) is 4.90 Å². The van der Waals surface area contributed by atoms with Gasteiger partial charge < -0.3 is 5.11 Å². The Hall–Kier alpha value is -3.33. The molecule has 1 N–H and O–H groups in total. The van der Waals surface area contributed by atoms with Crippen LogP contribution < -0.4 is 4.90 Å². The molecule has 3 aromatic rings. The minimum atomic E-state index is -0.138. The smallest absolute Gasteiger partial charge is 0.255 e. The van der Waals surface area contributed by atoms with E-state index in [9.17, 15) is 9.90 Å². The molecule has 0 heterocycles. The van der Waals surface area contributed by atoms with Crippen molar-refractivity contribution < 1.29 is 9.90 Å². The van der Waals surface area contributed by atoms with E-state index in [2.05, 4.69) is 0 Å². The zero-order chi connectivity index (χ0) is 16.8. The maximum Gasteiger partial charge on any atom is 0.255 e. The lowest BCUT2D eigenvalue weighted by molar-refractivity contribution is -0.113. The van der Waals surface area contributed by atoms with E-state index < -0.39 is 0 Å². The summed E-state index contributed by atoms with van der Waals surface area (Å²) in [5, 5.41) is 9.32. The normalized spacial score (nSPS) is 10.7. The quantitative estimate of drug-likeness (QED) is 0.704. The summed E-state index contributed by atoms with van der Waals surface area (Å²) in [6, 6.07) is 25.8. The molecule has 118 valence electrons. The van der Waals surface area contributed by atoms with Crippen molar-refractivity contribution in [2.24, 2.45) is 0 Å². The zero-order valence-corrected chi connectivity index (χ0v) is 13.0. The highest BCUT2D eigenvalue weighted by molar-refractivity contribution is 6.08. The third kappa shape index (κ3) is 3.70. The standard InChI is InChI=1S/C21H17NO2/c23-20-14-11-17(12-15-20)13-16-21(24)22(18-7-3-1-4-8-18)19-9-5-2-6-10-19/h1-16,23H/b16-13-. The molecule has 3 rings (SSSR count). The Kier molecular flexibility index (Phi) is 4.73. The van der Waals surface area contributed by atoms with Gasteiger partial charge in [0.15, 0.2) is 0 Å². The Balaban J connectivity index is 1.91. The molecule has 0 atom stereocenters. The van der Waals surface area contributed by atoms with Crippen LogP contribution in [-0.2, 0) is 4.79 Å². The average Bonchev–Trinajstić information content (AvgIpc) is 2.63. The number of amides is 1. The summed E-state index contributed by atoms with van der Waals surface area (Å²) >= 11 is 0. The van der Waals surface area contributed by atoms with Crippen LogP contribution in [-0.4, -0.2) is 11.0 Å². The van der Waals surface area contributed by atoms with E-state index >= 15 is 0 Å². The molecule has 0 bridgehead atoms. The van der Waals surface area contributed by atoms with Crippen molar-refractivity contribution >= 4 is 23.4 Å². The lowest BCUT2D eigenvalue weighted by Gasteiger charge is -2.21. The van der Waals surface area contributed by atoms with Crippen molar-refractivity contribution in [2.45, 2.75) is 0 Å². The number of phenols is 1. The fourth-order valence-electron chi connectivity index (χ4n) is 2.39. The molecular weight excluding hydrogens is 298 g/mol. The first-order valence-electron chi connectivity index (χ1n) is 7.65. The maximum atomic E-state index is 12.8. The van der Waals surface area contributed by atoms with Crippen LogP contribution >= 0.6 is 0 Å². The van der Waals surface area contributed by atoms with Gasteiger partial charge in [-0.25, -0.2) is 0 Å². The summed E-state index contributed by atoms with van der Waals surface area (Å²) in [4.78, 5) is 14.4. The van der Waals surface area contributed by atoms with Gasteiger partial charge in [0.25, 0.3) is 5.91 Å². The number of carbonyl (C=O) groups is 1. The molecule has 0 aliphatic carbocycles. The summed E-state index contributed by atoms with van der Waals surface area (Å²) in [5.41, 5.74) is 2.47. The molecule has 1 amide bonds. The third-order valence-corrected chi connectivity index (χ3v) is 3.56. The molecule has 24 heavy (non-hydrogen) atoms. The fraction of sp³-hybridized carbons (Fsp3) is 0. The molecule has 0 saturated carbocycles.